The number of nitrogens with one attached hydrogen (secondary N) is 2. The molecular formula is C11H9Br2N5O2S. The van der Waals surface area contributed by atoms with Crippen molar-refractivity contribution in [2.75, 3.05) is 5.75 Å². The van der Waals surface area contributed by atoms with E-state index in [0.29, 0.717) is 15.2 Å². The van der Waals surface area contributed by atoms with Gasteiger partial charge in [-0.2, -0.15) is 10.2 Å². The van der Waals surface area contributed by atoms with Crippen LogP contribution in [0.1, 0.15) is 5.56 Å². The van der Waals surface area contributed by atoms with E-state index in [-0.39, 0.29) is 17.4 Å². The molecule has 2 rings (SSSR count). The number of rotatable bonds is 5. The molecule has 1 aromatic heterocycles. The summed E-state index contributed by atoms with van der Waals surface area (Å²) in [5.41, 5.74) is 2.84. The fourth-order valence-corrected chi connectivity index (χ4v) is 3.12. The van der Waals surface area contributed by atoms with Crippen molar-refractivity contribution in [3.63, 3.8) is 0 Å². The Hall–Kier alpha value is -1.39. The largest absolute Gasteiger partial charge is 0.506 e. The minimum atomic E-state index is -0.291. The number of H-pyrrole nitrogens is 1. The maximum atomic E-state index is 11.6. The highest BCUT2D eigenvalue weighted by molar-refractivity contribution is 9.11. The summed E-state index contributed by atoms with van der Waals surface area (Å²) in [5.74, 6) is -0.0887. The van der Waals surface area contributed by atoms with Crippen LogP contribution in [-0.2, 0) is 4.79 Å². The molecule has 1 aromatic carbocycles. The molecular weight excluding hydrogens is 426 g/mol. The van der Waals surface area contributed by atoms with Gasteiger partial charge in [0.15, 0.2) is 5.16 Å². The zero-order valence-electron chi connectivity index (χ0n) is 10.4. The number of benzene rings is 1. The number of aromatic hydroxyl groups is 1. The molecule has 1 heterocycles. The average molecular weight is 435 g/mol. The average Bonchev–Trinajstić information content (AvgIpc) is 2.95. The lowest BCUT2D eigenvalue weighted by atomic mass is 10.2. The molecule has 2 aromatic rings. The Labute approximate surface area is 140 Å². The summed E-state index contributed by atoms with van der Waals surface area (Å²) in [5, 5.41) is 20.5. The van der Waals surface area contributed by atoms with Gasteiger partial charge in [0.05, 0.1) is 16.4 Å². The number of halogens is 2. The van der Waals surface area contributed by atoms with Crippen molar-refractivity contribution in [1.82, 2.24) is 20.6 Å². The monoisotopic (exact) mass is 433 g/mol. The van der Waals surface area contributed by atoms with Gasteiger partial charge in [-0.05, 0) is 28.1 Å². The lowest BCUT2D eigenvalue weighted by Gasteiger charge is -2.03. The molecule has 0 aliphatic heterocycles. The van der Waals surface area contributed by atoms with Gasteiger partial charge in [0.1, 0.15) is 12.1 Å². The van der Waals surface area contributed by atoms with E-state index in [9.17, 15) is 9.90 Å². The zero-order chi connectivity index (χ0) is 15.2. The van der Waals surface area contributed by atoms with Crippen molar-refractivity contribution in [3.8, 4) is 5.75 Å². The number of hydrazone groups is 1. The van der Waals surface area contributed by atoms with Crippen LogP contribution in [0.5, 0.6) is 5.75 Å². The second-order valence-corrected chi connectivity index (χ2v) is 6.43. The van der Waals surface area contributed by atoms with Gasteiger partial charge in [-0.15, -0.1) is 0 Å². The van der Waals surface area contributed by atoms with Gasteiger partial charge in [0.25, 0.3) is 5.91 Å². The first-order valence-corrected chi connectivity index (χ1v) is 8.11. The molecule has 0 saturated carbocycles. The van der Waals surface area contributed by atoms with Crippen LogP contribution in [0, 0.1) is 0 Å². The number of aromatic amines is 1. The van der Waals surface area contributed by atoms with Gasteiger partial charge in [-0.25, -0.2) is 10.4 Å². The Balaban J connectivity index is 1.89. The molecule has 0 unspecified atom stereocenters. The predicted octanol–water partition coefficient (Wildman–Crippen LogP) is 2.28. The number of hydrogen-bond acceptors (Lipinski definition) is 6. The molecule has 21 heavy (non-hydrogen) atoms. The van der Waals surface area contributed by atoms with E-state index >= 15 is 0 Å². The maximum Gasteiger partial charge on any atom is 0.250 e. The summed E-state index contributed by atoms with van der Waals surface area (Å²) >= 11 is 7.73. The minimum absolute atomic E-state index is 0.0484. The van der Waals surface area contributed by atoms with Gasteiger partial charge < -0.3 is 5.11 Å². The van der Waals surface area contributed by atoms with Crippen LogP contribution in [0.3, 0.4) is 0 Å². The minimum Gasteiger partial charge on any atom is -0.506 e. The van der Waals surface area contributed by atoms with E-state index in [4.69, 9.17) is 0 Å². The molecule has 0 fully saturated rings. The highest BCUT2D eigenvalue weighted by Crippen LogP contribution is 2.30. The predicted molar refractivity (Wildman–Crippen MR) is 86.4 cm³/mol. The van der Waals surface area contributed by atoms with Crippen LogP contribution < -0.4 is 5.43 Å². The number of phenols is 1. The van der Waals surface area contributed by atoms with Gasteiger partial charge in [0, 0.05) is 10.0 Å². The van der Waals surface area contributed by atoms with E-state index in [1.165, 1.54) is 24.3 Å². The van der Waals surface area contributed by atoms with Gasteiger partial charge in [-0.1, -0.05) is 27.7 Å². The number of carbonyl (C=O) groups excluding carboxylic acids is 1. The van der Waals surface area contributed by atoms with Crippen molar-refractivity contribution >= 4 is 55.7 Å². The summed E-state index contributed by atoms with van der Waals surface area (Å²) in [6.07, 6.45) is 2.73. The third kappa shape index (κ3) is 4.83. The number of phenolic OH excluding ortho intramolecular Hbond substituents is 1. The second-order valence-electron chi connectivity index (χ2n) is 3.70. The van der Waals surface area contributed by atoms with Crippen LogP contribution >= 0.6 is 43.6 Å². The van der Waals surface area contributed by atoms with E-state index in [0.717, 1.165) is 4.47 Å². The van der Waals surface area contributed by atoms with Crippen LogP contribution in [0.25, 0.3) is 0 Å². The first-order chi connectivity index (χ1) is 10.1. The van der Waals surface area contributed by atoms with Gasteiger partial charge in [-0.3, -0.25) is 9.89 Å². The summed E-state index contributed by atoms with van der Waals surface area (Å²) in [6, 6.07) is 3.39. The molecule has 0 radical (unpaired) electrons. The van der Waals surface area contributed by atoms with Crippen LogP contribution in [0.4, 0.5) is 0 Å². The van der Waals surface area contributed by atoms with Gasteiger partial charge >= 0.3 is 0 Å². The SMILES string of the molecule is O=C(CSc1ncn[nH]1)N/N=C/c1cc(Br)cc(Br)c1O. The summed E-state index contributed by atoms with van der Waals surface area (Å²) in [4.78, 5) is 15.4. The van der Waals surface area contributed by atoms with E-state index in [2.05, 4.69) is 57.6 Å². The molecule has 7 nitrogen and oxygen atoms in total. The number of hydrogen-bond donors (Lipinski definition) is 3. The molecule has 0 saturated heterocycles. The summed E-state index contributed by atoms with van der Waals surface area (Å²) in [7, 11) is 0. The maximum absolute atomic E-state index is 11.6. The third-order valence-corrected chi connectivity index (χ3v) is 4.12. The standard InChI is InChI=1S/C11H9Br2N5O2S/c12-7-1-6(10(20)8(13)2-7)3-15-17-9(19)4-21-11-14-5-16-18-11/h1-3,5,20H,4H2,(H,17,19)(H,14,16,18)/b15-3+. The van der Waals surface area contributed by atoms with E-state index in [1.807, 2.05) is 0 Å². The number of amides is 1. The normalized spacial score (nSPS) is 11.0. The Bertz CT molecular complexity index is 663. The Morgan fingerprint density at radius 3 is 3.05 bits per heavy atom. The van der Waals surface area contributed by atoms with E-state index in [1.54, 1.807) is 12.1 Å². The van der Waals surface area contributed by atoms with Crippen LogP contribution in [-0.4, -0.2) is 38.2 Å². The topological polar surface area (TPSA) is 103 Å². The van der Waals surface area contributed by atoms with Crippen LogP contribution in [0.2, 0.25) is 0 Å². The Morgan fingerprint density at radius 2 is 2.33 bits per heavy atom. The van der Waals surface area contributed by atoms with Gasteiger partial charge in [0.2, 0.25) is 0 Å². The molecule has 0 atom stereocenters. The first-order valence-electron chi connectivity index (χ1n) is 5.54. The zero-order valence-corrected chi connectivity index (χ0v) is 14.4. The molecule has 0 bridgehead atoms. The molecule has 0 aliphatic rings. The highest BCUT2D eigenvalue weighted by atomic mass is 79.9. The Kier molecular flexibility index (Phi) is 5.76. The smallest absolute Gasteiger partial charge is 0.250 e. The fourth-order valence-electron chi connectivity index (χ4n) is 1.29. The number of thioether (sulfide) groups is 1. The molecule has 0 aliphatic carbocycles. The number of carbonyl (C=O) groups is 1. The lowest BCUT2D eigenvalue weighted by Crippen LogP contribution is -2.19. The summed E-state index contributed by atoms with van der Waals surface area (Å²) in [6.45, 7) is 0. The quantitative estimate of drug-likeness (QED) is 0.380. The van der Waals surface area contributed by atoms with Crippen molar-refractivity contribution < 1.29 is 9.90 Å². The second kappa shape index (κ2) is 7.57. The molecule has 0 spiro atoms. The highest BCUT2D eigenvalue weighted by Gasteiger charge is 2.06. The van der Waals surface area contributed by atoms with Crippen LogP contribution in [0.15, 0.2) is 37.7 Å². The van der Waals surface area contributed by atoms with Crippen molar-refractivity contribution in [2.24, 2.45) is 5.10 Å². The Morgan fingerprint density at radius 1 is 1.52 bits per heavy atom. The number of aromatic nitrogens is 3. The van der Waals surface area contributed by atoms with Crippen molar-refractivity contribution in [1.29, 1.82) is 0 Å². The molecule has 110 valence electrons. The third-order valence-electron chi connectivity index (χ3n) is 2.18. The first kappa shape index (κ1) is 16.0. The van der Waals surface area contributed by atoms with Crippen molar-refractivity contribution in [3.05, 3.63) is 33.0 Å². The van der Waals surface area contributed by atoms with Crippen molar-refractivity contribution in [2.45, 2.75) is 5.16 Å². The fraction of sp³-hybridized carbons (Fsp3) is 0.0909. The molecule has 10 heteroatoms. The summed E-state index contributed by atoms with van der Waals surface area (Å²) < 4.78 is 1.31. The lowest BCUT2D eigenvalue weighted by molar-refractivity contribution is -0.118. The molecule has 3 N–H and O–H groups in total. The van der Waals surface area contributed by atoms with E-state index < -0.39 is 0 Å². The molecule has 1 amide bonds. The number of nitrogens with zero attached hydrogens (tertiary/aromatic N) is 3.